The fourth-order valence-corrected chi connectivity index (χ4v) is 2.28. The molecule has 1 aromatic rings. The predicted molar refractivity (Wildman–Crippen MR) is 74.9 cm³/mol. The van der Waals surface area contributed by atoms with E-state index in [1.807, 2.05) is 32.2 Å². The predicted octanol–water partition coefficient (Wildman–Crippen LogP) is 1.68. The fraction of sp³-hybridized carbons (Fsp3) is 0.357. The van der Waals surface area contributed by atoms with Gasteiger partial charge in [-0.25, -0.2) is 0 Å². The van der Waals surface area contributed by atoms with Gasteiger partial charge in [0.25, 0.3) is 0 Å². The van der Waals surface area contributed by atoms with E-state index in [1.54, 1.807) is 11.9 Å². The number of rotatable bonds is 3. The topological polar surface area (TPSA) is 49.6 Å². The van der Waals surface area contributed by atoms with Crippen molar-refractivity contribution in [3.63, 3.8) is 0 Å². The zero-order valence-electron chi connectivity index (χ0n) is 11.1. The summed E-state index contributed by atoms with van der Waals surface area (Å²) in [6.45, 7) is 6.70. The summed E-state index contributed by atoms with van der Waals surface area (Å²) in [4.78, 5) is 15.5. The molecular formula is C14H19N3O. The summed E-state index contributed by atoms with van der Waals surface area (Å²) in [6, 6.07) is 5.41. The second kappa shape index (κ2) is 4.46. The van der Waals surface area contributed by atoms with Crippen molar-refractivity contribution < 1.29 is 4.79 Å². The number of nitrogens with two attached hydrogens (primary N) is 1. The minimum atomic E-state index is -0.523. The normalized spacial score (nSPS) is 17.9. The molecule has 1 heterocycles. The lowest BCUT2D eigenvalue weighted by atomic mass is 10.1. The highest BCUT2D eigenvalue weighted by Gasteiger charge is 2.32. The van der Waals surface area contributed by atoms with E-state index in [1.165, 1.54) is 0 Å². The molecule has 0 saturated heterocycles. The van der Waals surface area contributed by atoms with Gasteiger partial charge in [0.05, 0.1) is 5.69 Å². The van der Waals surface area contributed by atoms with Crippen LogP contribution in [0.5, 0.6) is 0 Å². The maximum Gasteiger partial charge on any atom is 0.248 e. The molecule has 0 bridgehead atoms. The van der Waals surface area contributed by atoms with E-state index >= 15 is 0 Å². The van der Waals surface area contributed by atoms with Crippen LogP contribution in [0.4, 0.5) is 11.4 Å². The van der Waals surface area contributed by atoms with Crippen LogP contribution in [0.3, 0.4) is 0 Å². The molecule has 0 fully saturated rings. The second-order valence-electron chi connectivity index (χ2n) is 4.93. The molecule has 2 rings (SSSR count). The zero-order valence-corrected chi connectivity index (χ0v) is 11.1. The smallest absolute Gasteiger partial charge is 0.248 e. The lowest BCUT2D eigenvalue weighted by Gasteiger charge is -2.21. The van der Waals surface area contributed by atoms with Crippen LogP contribution in [0.25, 0.3) is 0 Å². The van der Waals surface area contributed by atoms with Crippen molar-refractivity contribution in [1.82, 2.24) is 0 Å². The van der Waals surface area contributed by atoms with Crippen molar-refractivity contribution in [3.05, 3.63) is 35.9 Å². The molecule has 0 spiro atoms. The Morgan fingerprint density at radius 3 is 2.83 bits per heavy atom. The van der Waals surface area contributed by atoms with E-state index in [4.69, 9.17) is 5.73 Å². The highest BCUT2D eigenvalue weighted by Crippen LogP contribution is 2.36. The summed E-state index contributed by atoms with van der Waals surface area (Å²) >= 11 is 0. The highest BCUT2D eigenvalue weighted by molar-refractivity contribution is 6.04. The van der Waals surface area contributed by atoms with E-state index in [2.05, 4.69) is 11.5 Å². The van der Waals surface area contributed by atoms with Gasteiger partial charge in [-0.1, -0.05) is 18.2 Å². The number of benzene rings is 1. The number of carbonyl (C=O) groups is 1. The van der Waals surface area contributed by atoms with E-state index in [0.29, 0.717) is 0 Å². The molecule has 1 aromatic carbocycles. The molecule has 2 N–H and O–H groups in total. The third kappa shape index (κ3) is 1.99. The Morgan fingerprint density at radius 1 is 1.56 bits per heavy atom. The summed E-state index contributed by atoms with van der Waals surface area (Å²) in [5.74, 6) is -0.0512. The minimum absolute atomic E-state index is 0.0512. The molecule has 0 aromatic heterocycles. The number of hydrogen-bond acceptors (Lipinski definition) is 3. The summed E-state index contributed by atoms with van der Waals surface area (Å²) in [5, 5.41) is 0. The molecule has 0 radical (unpaired) electrons. The molecular weight excluding hydrogens is 226 g/mol. The SMILES string of the molecule is C=C(C)CN(C)c1ccc2c(c1)N(C)C(=O)C2N. The van der Waals surface area contributed by atoms with Crippen molar-refractivity contribution in [2.24, 2.45) is 5.73 Å². The van der Waals surface area contributed by atoms with Crippen LogP contribution >= 0.6 is 0 Å². The molecule has 0 saturated carbocycles. The number of nitrogens with zero attached hydrogens (tertiary/aromatic N) is 2. The Kier molecular flexibility index (Phi) is 3.13. The largest absolute Gasteiger partial charge is 0.371 e. The van der Waals surface area contributed by atoms with Gasteiger partial charge in [-0.2, -0.15) is 0 Å². The van der Waals surface area contributed by atoms with Crippen LogP contribution in [-0.4, -0.2) is 26.5 Å². The van der Waals surface area contributed by atoms with Gasteiger partial charge >= 0.3 is 0 Å². The van der Waals surface area contributed by atoms with Crippen molar-refractivity contribution in [2.75, 3.05) is 30.4 Å². The number of amides is 1. The first-order valence-corrected chi connectivity index (χ1v) is 5.94. The third-order valence-electron chi connectivity index (χ3n) is 3.25. The van der Waals surface area contributed by atoms with Crippen LogP contribution in [0, 0.1) is 0 Å². The van der Waals surface area contributed by atoms with Gasteiger partial charge in [0.15, 0.2) is 0 Å². The molecule has 96 valence electrons. The molecule has 0 aliphatic carbocycles. The zero-order chi connectivity index (χ0) is 13.4. The summed E-state index contributed by atoms with van der Waals surface area (Å²) in [6.07, 6.45) is 0. The van der Waals surface area contributed by atoms with Crippen LogP contribution < -0.4 is 15.5 Å². The lowest BCUT2D eigenvalue weighted by Crippen LogP contribution is -2.27. The Morgan fingerprint density at radius 2 is 2.22 bits per heavy atom. The molecule has 1 aliphatic rings. The highest BCUT2D eigenvalue weighted by atomic mass is 16.2. The molecule has 18 heavy (non-hydrogen) atoms. The van der Waals surface area contributed by atoms with Gasteiger partial charge in [0.1, 0.15) is 6.04 Å². The van der Waals surface area contributed by atoms with Crippen molar-refractivity contribution in [1.29, 1.82) is 0 Å². The van der Waals surface area contributed by atoms with Crippen LogP contribution in [0.15, 0.2) is 30.4 Å². The average Bonchev–Trinajstić information content (AvgIpc) is 2.53. The van der Waals surface area contributed by atoms with Gasteiger partial charge in [0.2, 0.25) is 5.91 Å². The van der Waals surface area contributed by atoms with Gasteiger partial charge in [-0.05, 0) is 19.1 Å². The lowest BCUT2D eigenvalue weighted by molar-refractivity contribution is -0.118. The van der Waals surface area contributed by atoms with Crippen LogP contribution in [0.2, 0.25) is 0 Å². The molecule has 4 nitrogen and oxygen atoms in total. The first-order chi connectivity index (χ1) is 8.41. The summed E-state index contributed by atoms with van der Waals surface area (Å²) < 4.78 is 0. The Balaban J connectivity index is 2.34. The first kappa shape index (κ1) is 12.6. The van der Waals surface area contributed by atoms with Crippen molar-refractivity contribution in [3.8, 4) is 0 Å². The van der Waals surface area contributed by atoms with E-state index < -0.39 is 6.04 Å². The molecule has 1 unspecified atom stereocenters. The van der Waals surface area contributed by atoms with Gasteiger partial charge in [-0.15, -0.1) is 0 Å². The minimum Gasteiger partial charge on any atom is -0.371 e. The fourth-order valence-electron chi connectivity index (χ4n) is 2.28. The van der Waals surface area contributed by atoms with Crippen molar-refractivity contribution in [2.45, 2.75) is 13.0 Å². The summed E-state index contributed by atoms with van der Waals surface area (Å²) in [5.41, 5.74) is 9.82. The summed E-state index contributed by atoms with van der Waals surface area (Å²) in [7, 11) is 3.77. The second-order valence-corrected chi connectivity index (χ2v) is 4.93. The van der Waals surface area contributed by atoms with Gasteiger partial charge < -0.3 is 15.5 Å². The quantitative estimate of drug-likeness (QED) is 0.824. The van der Waals surface area contributed by atoms with E-state index in [0.717, 1.165) is 29.1 Å². The van der Waals surface area contributed by atoms with Crippen molar-refractivity contribution >= 4 is 17.3 Å². The van der Waals surface area contributed by atoms with E-state index in [9.17, 15) is 4.79 Å². The maximum absolute atomic E-state index is 11.8. The average molecular weight is 245 g/mol. The molecule has 1 amide bonds. The van der Waals surface area contributed by atoms with Crippen LogP contribution in [0.1, 0.15) is 18.5 Å². The van der Waals surface area contributed by atoms with E-state index in [-0.39, 0.29) is 5.91 Å². The number of fused-ring (bicyclic) bond motifs is 1. The standard InChI is InChI=1S/C14H19N3O/c1-9(2)8-16(3)10-5-6-11-12(7-10)17(4)14(18)13(11)15/h5-7,13H,1,8,15H2,2-4H3. The van der Waals surface area contributed by atoms with Gasteiger partial charge in [-0.3, -0.25) is 4.79 Å². The monoisotopic (exact) mass is 245 g/mol. The number of likely N-dealkylation sites (N-methyl/N-ethyl adjacent to an activating group) is 2. The Labute approximate surface area is 108 Å². The molecule has 1 atom stereocenters. The third-order valence-corrected chi connectivity index (χ3v) is 3.25. The maximum atomic E-state index is 11.8. The number of hydrogen-bond donors (Lipinski definition) is 1. The number of carbonyl (C=O) groups excluding carboxylic acids is 1. The Bertz CT molecular complexity index is 510. The van der Waals surface area contributed by atoms with Gasteiger partial charge in [0, 0.05) is 31.9 Å². The Hall–Kier alpha value is -1.81. The first-order valence-electron chi connectivity index (χ1n) is 5.94. The van der Waals surface area contributed by atoms with Crippen LogP contribution in [-0.2, 0) is 4.79 Å². The number of anilines is 2. The molecule has 4 heteroatoms. The molecule has 1 aliphatic heterocycles.